The molecule has 2 heterocycles. The Bertz CT molecular complexity index is 759. The summed E-state index contributed by atoms with van der Waals surface area (Å²) in [5, 5.41) is 6.70. The summed E-state index contributed by atoms with van der Waals surface area (Å²) in [7, 11) is 0. The number of hydrogen-bond acceptors (Lipinski definition) is 4. The van der Waals surface area contributed by atoms with Crippen molar-refractivity contribution in [2.24, 2.45) is 0 Å². The average molecular weight is 256 g/mol. The second-order valence-electron chi connectivity index (χ2n) is 4.47. The highest BCUT2D eigenvalue weighted by atomic mass is 16.4. The van der Waals surface area contributed by atoms with Crippen molar-refractivity contribution in [2.45, 2.75) is 6.92 Å². The van der Waals surface area contributed by atoms with Crippen LogP contribution in [0.5, 0.6) is 0 Å². The van der Waals surface area contributed by atoms with E-state index >= 15 is 0 Å². The second-order valence-corrected chi connectivity index (χ2v) is 4.47. The number of amides is 1. The molecule has 0 aliphatic carbocycles. The first-order valence-electron chi connectivity index (χ1n) is 5.92. The molecule has 5 nitrogen and oxygen atoms in total. The summed E-state index contributed by atoms with van der Waals surface area (Å²) in [6, 6.07) is 7.00. The molecular weight excluding hydrogens is 244 g/mol. The van der Waals surface area contributed by atoms with Gasteiger partial charge in [0.25, 0.3) is 0 Å². The molecule has 0 atom stereocenters. The maximum absolute atomic E-state index is 11.3. The van der Waals surface area contributed by atoms with E-state index in [2.05, 4.69) is 10.6 Å². The standard InChI is InChI=1S/C14H12N2O3/c1-8-4-14(18)19-12-5-9(2-3-11(8)12)16-10-6-13(17)15-7-10/h2-6,16H,7H2,1H3,(H,15,17). The number of carbonyl (C=O) groups excluding carboxylic acids is 1. The van der Waals surface area contributed by atoms with Crippen LogP contribution in [0.4, 0.5) is 5.69 Å². The fraction of sp³-hybridized carbons (Fsp3) is 0.143. The number of benzene rings is 1. The van der Waals surface area contributed by atoms with Crippen molar-refractivity contribution in [3.05, 3.63) is 52.0 Å². The Hall–Kier alpha value is -2.56. The molecule has 1 aliphatic rings. The van der Waals surface area contributed by atoms with Crippen LogP contribution >= 0.6 is 0 Å². The van der Waals surface area contributed by atoms with Crippen LogP contribution in [0.1, 0.15) is 5.56 Å². The summed E-state index contributed by atoms with van der Waals surface area (Å²) in [6.07, 6.45) is 1.51. The first-order chi connectivity index (χ1) is 9.11. The van der Waals surface area contributed by atoms with Gasteiger partial charge < -0.3 is 15.1 Å². The van der Waals surface area contributed by atoms with Crippen LogP contribution < -0.4 is 16.3 Å². The van der Waals surface area contributed by atoms with Crippen LogP contribution in [0.25, 0.3) is 11.0 Å². The number of aryl methyl sites for hydroxylation is 1. The van der Waals surface area contributed by atoms with Crippen molar-refractivity contribution in [1.82, 2.24) is 5.32 Å². The van der Waals surface area contributed by atoms with E-state index in [1.165, 1.54) is 12.1 Å². The Balaban J connectivity index is 2.00. The van der Waals surface area contributed by atoms with Crippen molar-refractivity contribution in [3.63, 3.8) is 0 Å². The van der Waals surface area contributed by atoms with Crippen LogP contribution in [0, 0.1) is 6.92 Å². The van der Waals surface area contributed by atoms with Gasteiger partial charge >= 0.3 is 5.63 Å². The molecule has 0 saturated carbocycles. The molecule has 0 unspecified atom stereocenters. The molecule has 0 saturated heterocycles. The Labute approximate surface area is 108 Å². The van der Waals surface area contributed by atoms with Gasteiger partial charge in [-0.05, 0) is 24.6 Å². The highest BCUT2D eigenvalue weighted by Gasteiger charge is 2.11. The third-order valence-corrected chi connectivity index (χ3v) is 3.01. The van der Waals surface area contributed by atoms with Gasteiger partial charge in [-0.1, -0.05) is 0 Å². The number of nitrogens with one attached hydrogen (secondary N) is 2. The van der Waals surface area contributed by atoms with Crippen LogP contribution in [0.2, 0.25) is 0 Å². The molecule has 1 aliphatic heterocycles. The lowest BCUT2D eigenvalue weighted by molar-refractivity contribution is -0.115. The average Bonchev–Trinajstić information content (AvgIpc) is 2.74. The normalized spacial score (nSPS) is 14.4. The number of carbonyl (C=O) groups is 1. The zero-order valence-electron chi connectivity index (χ0n) is 10.3. The van der Waals surface area contributed by atoms with E-state index in [-0.39, 0.29) is 11.5 Å². The summed E-state index contributed by atoms with van der Waals surface area (Å²) < 4.78 is 5.17. The van der Waals surface area contributed by atoms with Gasteiger partial charge in [-0.15, -0.1) is 0 Å². The molecule has 96 valence electrons. The number of hydrogen-bond donors (Lipinski definition) is 2. The molecule has 2 N–H and O–H groups in total. The molecular formula is C14H12N2O3. The van der Waals surface area contributed by atoms with E-state index in [1.54, 1.807) is 6.07 Å². The number of fused-ring (bicyclic) bond motifs is 1. The van der Waals surface area contributed by atoms with Crippen molar-refractivity contribution >= 4 is 22.6 Å². The van der Waals surface area contributed by atoms with E-state index in [9.17, 15) is 9.59 Å². The Morgan fingerprint density at radius 3 is 2.84 bits per heavy atom. The largest absolute Gasteiger partial charge is 0.423 e. The maximum atomic E-state index is 11.3. The minimum absolute atomic E-state index is 0.106. The third kappa shape index (κ3) is 2.22. The van der Waals surface area contributed by atoms with Crippen molar-refractivity contribution in [1.29, 1.82) is 0 Å². The van der Waals surface area contributed by atoms with E-state index in [0.717, 1.165) is 22.3 Å². The summed E-state index contributed by atoms with van der Waals surface area (Å²) in [6.45, 7) is 2.35. The van der Waals surface area contributed by atoms with Gasteiger partial charge in [0, 0.05) is 35.0 Å². The number of anilines is 1. The first-order valence-corrected chi connectivity index (χ1v) is 5.92. The fourth-order valence-corrected chi connectivity index (χ4v) is 2.11. The number of rotatable bonds is 2. The predicted octanol–water partition coefficient (Wildman–Crippen LogP) is 1.53. The van der Waals surface area contributed by atoms with Crippen LogP contribution in [0.3, 0.4) is 0 Å². The lowest BCUT2D eigenvalue weighted by atomic mass is 10.1. The molecule has 0 fully saturated rings. The molecule has 5 heteroatoms. The first kappa shape index (κ1) is 11.5. The molecule has 1 amide bonds. The minimum atomic E-state index is -0.362. The minimum Gasteiger partial charge on any atom is -0.423 e. The molecule has 0 bridgehead atoms. The van der Waals surface area contributed by atoms with Crippen molar-refractivity contribution < 1.29 is 9.21 Å². The Morgan fingerprint density at radius 1 is 1.26 bits per heavy atom. The lowest BCUT2D eigenvalue weighted by Crippen LogP contribution is -2.16. The van der Waals surface area contributed by atoms with Crippen molar-refractivity contribution in [2.75, 3.05) is 11.9 Å². The zero-order valence-corrected chi connectivity index (χ0v) is 10.3. The van der Waals surface area contributed by atoms with Gasteiger partial charge in [0.15, 0.2) is 0 Å². The molecule has 3 rings (SSSR count). The topological polar surface area (TPSA) is 71.3 Å². The molecule has 1 aromatic heterocycles. The van der Waals surface area contributed by atoms with Crippen LogP contribution in [-0.4, -0.2) is 12.5 Å². The molecule has 19 heavy (non-hydrogen) atoms. The maximum Gasteiger partial charge on any atom is 0.336 e. The van der Waals surface area contributed by atoms with E-state index in [4.69, 9.17) is 4.42 Å². The third-order valence-electron chi connectivity index (χ3n) is 3.01. The van der Waals surface area contributed by atoms with Gasteiger partial charge in [-0.25, -0.2) is 4.79 Å². The van der Waals surface area contributed by atoms with Gasteiger partial charge in [-0.2, -0.15) is 0 Å². The lowest BCUT2D eigenvalue weighted by Gasteiger charge is -2.07. The molecule has 0 radical (unpaired) electrons. The summed E-state index contributed by atoms with van der Waals surface area (Å²) in [4.78, 5) is 22.4. The summed E-state index contributed by atoms with van der Waals surface area (Å²) in [5.41, 5.74) is 2.63. The van der Waals surface area contributed by atoms with Crippen molar-refractivity contribution in [3.8, 4) is 0 Å². The molecule has 2 aromatic rings. The highest BCUT2D eigenvalue weighted by molar-refractivity contribution is 5.92. The van der Waals surface area contributed by atoms with Gasteiger partial charge in [-0.3, -0.25) is 4.79 Å². The van der Waals surface area contributed by atoms with Crippen LogP contribution in [0.15, 0.2) is 45.3 Å². The van der Waals surface area contributed by atoms with Crippen LogP contribution in [-0.2, 0) is 4.79 Å². The van der Waals surface area contributed by atoms with E-state index < -0.39 is 0 Å². The smallest absolute Gasteiger partial charge is 0.336 e. The second kappa shape index (κ2) is 4.28. The van der Waals surface area contributed by atoms with Gasteiger partial charge in [0.1, 0.15) is 5.58 Å². The van der Waals surface area contributed by atoms with E-state index in [0.29, 0.717) is 12.1 Å². The zero-order chi connectivity index (χ0) is 13.4. The SMILES string of the molecule is Cc1cc(=O)oc2cc(NC3=CC(=O)NC3)ccc12. The van der Waals surface area contributed by atoms with Gasteiger partial charge in [0.2, 0.25) is 5.91 Å². The molecule has 1 aromatic carbocycles. The highest BCUT2D eigenvalue weighted by Crippen LogP contribution is 2.21. The Morgan fingerprint density at radius 2 is 2.11 bits per heavy atom. The fourth-order valence-electron chi connectivity index (χ4n) is 2.11. The van der Waals surface area contributed by atoms with Gasteiger partial charge in [0.05, 0.1) is 6.54 Å². The monoisotopic (exact) mass is 256 g/mol. The quantitative estimate of drug-likeness (QED) is 0.799. The summed E-state index contributed by atoms with van der Waals surface area (Å²) in [5.74, 6) is -0.106. The predicted molar refractivity (Wildman–Crippen MR) is 71.9 cm³/mol. The summed E-state index contributed by atoms with van der Waals surface area (Å²) >= 11 is 0. The Kier molecular flexibility index (Phi) is 2.59. The van der Waals surface area contributed by atoms with E-state index in [1.807, 2.05) is 19.1 Å². The molecule has 0 spiro atoms.